The SMILES string of the molecule is O=C(NC1CC1c1ccccc1)c1ccc(Cl)nn1. The molecule has 0 radical (unpaired) electrons. The number of carbonyl (C=O) groups excluding carboxylic acids is 1. The Morgan fingerprint density at radius 1 is 1.16 bits per heavy atom. The summed E-state index contributed by atoms with van der Waals surface area (Å²) < 4.78 is 0. The van der Waals surface area contributed by atoms with E-state index < -0.39 is 0 Å². The van der Waals surface area contributed by atoms with Crippen molar-refractivity contribution in [3.63, 3.8) is 0 Å². The average molecular weight is 274 g/mol. The van der Waals surface area contributed by atoms with Crippen LogP contribution in [0.1, 0.15) is 28.4 Å². The Morgan fingerprint density at radius 3 is 2.63 bits per heavy atom. The van der Waals surface area contributed by atoms with Crippen LogP contribution in [0.5, 0.6) is 0 Å². The molecule has 2 unspecified atom stereocenters. The molecule has 1 fully saturated rings. The first-order valence-electron chi connectivity index (χ1n) is 6.09. The van der Waals surface area contributed by atoms with Crippen molar-refractivity contribution >= 4 is 17.5 Å². The third kappa shape index (κ3) is 2.74. The van der Waals surface area contributed by atoms with Crippen LogP contribution in [0.15, 0.2) is 42.5 Å². The average Bonchev–Trinajstić information content (AvgIpc) is 3.20. The van der Waals surface area contributed by atoms with E-state index in [0.717, 1.165) is 6.42 Å². The van der Waals surface area contributed by atoms with Crippen LogP contribution in [-0.2, 0) is 0 Å². The molecule has 0 saturated heterocycles. The summed E-state index contributed by atoms with van der Waals surface area (Å²) in [6.45, 7) is 0. The van der Waals surface area contributed by atoms with Crippen LogP contribution < -0.4 is 5.32 Å². The quantitative estimate of drug-likeness (QED) is 0.934. The summed E-state index contributed by atoms with van der Waals surface area (Å²) >= 11 is 5.63. The second-order valence-corrected chi connectivity index (χ2v) is 4.96. The van der Waals surface area contributed by atoms with Gasteiger partial charge in [-0.25, -0.2) is 0 Å². The minimum atomic E-state index is -0.201. The highest BCUT2D eigenvalue weighted by atomic mass is 35.5. The number of benzene rings is 1. The van der Waals surface area contributed by atoms with Crippen LogP contribution in [0.4, 0.5) is 0 Å². The summed E-state index contributed by atoms with van der Waals surface area (Å²) in [5.74, 6) is 0.206. The van der Waals surface area contributed by atoms with E-state index in [1.165, 1.54) is 5.56 Å². The predicted molar refractivity (Wildman–Crippen MR) is 72.1 cm³/mol. The summed E-state index contributed by atoms with van der Waals surface area (Å²) in [5, 5.41) is 10.7. The molecule has 0 bridgehead atoms. The highest BCUT2D eigenvalue weighted by Gasteiger charge is 2.39. The molecule has 1 saturated carbocycles. The number of hydrogen-bond donors (Lipinski definition) is 1. The molecule has 0 spiro atoms. The van der Waals surface area contributed by atoms with Crippen LogP contribution >= 0.6 is 11.6 Å². The van der Waals surface area contributed by atoms with Crippen molar-refractivity contribution in [1.82, 2.24) is 15.5 Å². The van der Waals surface area contributed by atoms with Gasteiger partial charge in [-0.2, -0.15) is 0 Å². The molecular weight excluding hydrogens is 262 g/mol. The van der Waals surface area contributed by atoms with Crippen molar-refractivity contribution in [1.29, 1.82) is 0 Å². The maximum absolute atomic E-state index is 11.9. The van der Waals surface area contributed by atoms with Crippen molar-refractivity contribution in [2.75, 3.05) is 0 Å². The van der Waals surface area contributed by atoms with Crippen molar-refractivity contribution < 1.29 is 4.79 Å². The first-order valence-corrected chi connectivity index (χ1v) is 6.47. The van der Waals surface area contributed by atoms with E-state index in [4.69, 9.17) is 11.6 Å². The lowest BCUT2D eigenvalue weighted by Crippen LogP contribution is -2.27. The van der Waals surface area contributed by atoms with Gasteiger partial charge < -0.3 is 5.32 Å². The molecule has 2 aromatic rings. The molecule has 4 nitrogen and oxygen atoms in total. The first kappa shape index (κ1) is 12.1. The number of amides is 1. The minimum absolute atomic E-state index is 0.187. The standard InChI is InChI=1S/C14H12ClN3O/c15-13-7-6-11(17-18-13)14(19)16-12-8-10(12)9-4-2-1-3-5-9/h1-7,10,12H,8H2,(H,16,19). The Kier molecular flexibility index (Phi) is 3.17. The molecule has 1 amide bonds. The lowest BCUT2D eigenvalue weighted by Gasteiger charge is -2.03. The first-order chi connectivity index (χ1) is 9.24. The van der Waals surface area contributed by atoms with Gasteiger partial charge in [0.05, 0.1) is 0 Å². The number of rotatable bonds is 3. The van der Waals surface area contributed by atoms with E-state index in [1.54, 1.807) is 12.1 Å². The van der Waals surface area contributed by atoms with Crippen LogP contribution in [0.3, 0.4) is 0 Å². The number of hydrogen-bond acceptors (Lipinski definition) is 3. The summed E-state index contributed by atoms with van der Waals surface area (Å²) in [7, 11) is 0. The van der Waals surface area contributed by atoms with Gasteiger partial charge in [-0.05, 0) is 24.1 Å². The third-order valence-electron chi connectivity index (χ3n) is 3.20. The van der Waals surface area contributed by atoms with Crippen molar-refractivity contribution in [3.05, 3.63) is 58.9 Å². The topological polar surface area (TPSA) is 54.9 Å². The Morgan fingerprint density at radius 2 is 1.95 bits per heavy atom. The van der Waals surface area contributed by atoms with E-state index in [2.05, 4.69) is 27.6 Å². The molecule has 1 heterocycles. The maximum Gasteiger partial charge on any atom is 0.272 e. The second kappa shape index (κ2) is 4.97. The number of nitrogens with one attached hydrogen (secondary N) is 1. The van der Waals surface area contributed by atoms with Crippen molar-refractivity contribution in [3.8, 4) is 0 Å². The molecule has 1 aromatic heterocycles. The van der Waals surface area contributed by atoms with Gasteiger partial charge in [0.1, 0.15) is 0 Å². The van der Waals surface area contributed by atoms with Gasteiger partial charge in [0.2, 0.25) is 0 Å². The number of nitrogens with zero attached hydrogens (tertiary/aromatic N) is 2. The largest absolute Gasteiger partial charge is 0.347 e. The maximum atomic E-state index is 11.9. The number of halogens is 1. The zero-order chi connectivity index (χ0) is 13.2. The van der Waals surface area contributed by atoms with Crippen LogP contribution in [0.2, 0.25) is 5.15 Å². The van der Waals surface area contributed by atoms with E-state index in [-0.39, 0.29) is 17.1 Å². The molecule has 96 valence electrons. The van der Waals surface area contributed by atoms with E-state index in [9.17, 15) is 4.79 Å². The molecule has 19 heavy (non-hydrogen) atoms. The van der Waals surface area contributed by atoms with E-state index in [0.29, 0.717) is 11.6 Å². The fourth-order valence-electron chi connectivity index (χ4n) is 2.10. The van der Waals surface area contributed by atoms with Gasteiger partial charge in [-0.15, -0.1) is 10.2 Å². The lowest BCUT2D eigenvalue weighted by atomic mass is 10.1. The van der Waals surface area contributed by atoms with Gasteiger partial charge in [-0.1, -0.05) is 41.9 Å². The Labute approximate surface area is 115 Å². The monoisotopic (exact) mass is 273 g/mol. The molecule has 1 aliphatic carbocycles. The predicted octanol–water partition coefficient (Wildman–Crippen LogP) is 2.42. The molecule has 1 N–H and O–H groups in total. The normalized spacial score (nSPS) is 20.9. The molecule has 3 rings (SSSR count). The fourth-order valence-corrected chi connectivity index (χ4v) is 2.20. The van der Waals surface area contributed by atoms with Crippen LogP contribution in [0.25, 0.3) is 0 Å². The van der Waals surface area contributed by atoms with Gasteiger partial charge >= 0.3 is 0 Å². The molecule has 1 aliphatic rings. The van der Waals surface area contributed by atoms with Gasteiger partial charge in [0.15, 0.2) is 10.8 Å². The van der Waals surface area contributed by atoms with Gasteiger partial charge in [-0.3, -0.25) is 4.79 Å². The Bertz CT molecular complexity index is 585. The summed E-state index contributed by atoms with van der Waals surface area (Å²) in [5.41, 5.74) is 1.55. The summed E-state index contributed by atoms with van der Waals surface area (Å²) in [4.78, 5) is 11.9. The van der Waals surface area contributed by atoms with Gasteiger partial charge in [0.25, 0.3) is 5.91 Å². The van der Waals surface area contributed by atoms with E-state index >= 15 is 0 Å². The lowest BCUT2D eigenvalue weighted by molar-refractivity contribution is 0.0944. The number of carbonyl (C=O) groups is 1. The highest BCUT2D eigenvalue weighted by molar-refractivity contribution is 6.29. The summed E-state index contributed by atoms with van der Waals surface area (Å²) in [6.07, 6.45) is 0.969. The van der Waals surface area contributed by atoms with Crippen LogP contribution in [-0.4, -0.2) is 22.1 Å². The Balaban J connectivity index is 1.62. The molecular formula is C14H12ClN3O. The molecule has 0 aliphatic heterocycles. The minimum Gasteiger partial charge on any atom is -0.347 e. The van der Waals surface area contributed by atoms with Crippen molar-refractivity contribution in [2.24, 2.45) is 0 Å². The van der Waals surface area contributed by atoms with E-state index in [1.807, 2.05) is 18.2 Å². The smallest absolute Gasteiger partial charge is 0.272 e. The fraction of sp³-hybridized carbons (Fsp3) is 0.214. The highest BCUT2D eigenvalue weighted by Crippen LogP contribution is 2.40. The zero-order valence-electron chi connectivity index (χ0n) is 10.1. The molecule has 5 heteroatoms. The van der Waals surface area contributed by atoms with Crippen LogP contribution in [0, 0.1) is 0 Å². The second-order valence-electron chi connectivity index (χ2n) is 4.57. The third-order valence-corrected chi connectivity index (χ3v) is 3.40. The summed E-state index contributed by atoms with van der Waals surface area (Å²) in [6, 6.07) is 13.5. The zero-order valence-corrected chi connectivity index (χ0v) is 10.8. The molecule has 1 aromatic carbocycles. The molecule has 2 atom stereocenters. The van der Waals surface area contributed by atoms with Crippen molar-refractivity contribution in [2.45, 2.75) is 18.4 Å². The van der Waals surface area contributed by atoms with Gasteiger partial charge in [0, 0.05) is 12.0 Å². The number of aromatic nitrogens is 2. The Hall–Kier alpha value is -1.94.